The molecule has 0 N–H and O–H groups in total. The number of carbonyl (C=O) groups is 1. The van der Waals surface area contributed by atoms with E-state index >= 15 is 0 Å². The van der Waals surface area contributed by atoms with Crippen LogP contribution in [0.1, 0.15) is 28.0 Å². The summed E-state index contributed by atoms with van der Waals surface area (Å²) in [5.74, 6) is 0.182. The van der Waals surface area contributed by atoms with E-state index in [1.165, 1.54) is 7.11 Å². The van der Waals surface area contributed by atoms with Crippen LogP contribution in [-0.2, 0) is 12.6 Å². The Kier molecular flexibility index (Phi) is 4.17. The summed E-state index contributed by atoms with van der Waals surface area (Å²) in [6, 6.07) is 7.51. The van der Waals surface area contributed by atoms with Crippen molar-refractivity contribution in [3.05, 3.63) is 53.3 Å². The Morgan fingerprint density at radius 2 is 2.04 bits per heavy atom. The Morgan fingerprint density at radius 3 is 2.67 bits per heavy atom. The molecule has 4 nitrogen and oxygen atoms in total. The van der Waals surface area contributed by atoms with Crippen molar-refractivity contribution in [3.8, 4) is 5.75 Å². The van der Waals surface area contributed by atoms with Gasteiger partial charge in [-0.05, 0) is 36.6 Å². The van der Waals surface area contributed by atoms with Crippen LogP contribution in [0.25, 0.3) is 0 Å². The first-order valence-electron chi connectivity index (χ1n) is 7.43. The fraction of sp³-hybridized carbons (Fsp3) is 0.294. The highest BCUT2D eigenvalue weighted by Gasteiger charge is 2.33. The number of aromatic nitrogens is 1. The summed E-state index contributed by atoms with van der Waals surface area (Å²) in [5, 5.41) is 0. The standard InChI is InChI=1S/C17H15F3N2O2/c1-24-13-6-2-4-11-5-3-9-22(15(11)13)16(23)12-7-8-14(21-10-12)17(18,19)20/h2,4,6-8,10H,3,5,9H2,1H3. The lowest BCUT2D eigenvalue weighted by molar-refractivity contribution is -0.141. The van der Waals surface area contributed by atoms with E-state index in [1.807, 2.05) is 12.1 Å². The number of hydrogen-bond acceptors (Lipinski definition) is 3. The van der Waals surface area contributed by atoms with Crippen molar-refractivity contribution < 1.29 is 22.7 Å². The maximum Gasteiger partial charge on any atom is 0.433 e. The number of benzene rings is 1. The number of pyridine rings is 1. The van der Waals surface area contributed by atoms with E-state index in [0.29, 0.717) is 18.0 Å². The number of methoxy groups -OCH3 is 1. The van der Waals surface area contributed by atoms with Crippen molar-refractivity contribution in [2.75, 3.05) is 18.6 Å². The van der Waals surface area contributed by atoms with Crippen LogP contribution < -0.4 is 9.64 Å². The third-order valence-electron chi connectivity index (χ3n) is 3.95. The van der Waals surface area contributed by atoms with Gasteiger partial charge in [0.25, 0.3) is 5.91 Å². The Hall–Kier alpha value is -2.57. The zero-order valence-electron chi connectivity index (χ0n) is 12.9. The monoisotopic (exact) mass is 336 g/mol. The van der Waals surface area contributed by atoms with Crippen LogP contribution in [0.3, 0.4) is 0 Å². The quantitative estimate of drug-likeness (QED) is 0.840. The highest BCUT2D eigenvalue weighted by Crippen LogP contribution is 2.37. The van der Waals surface area contributed by atoms with E-state index in [9.17, 15) is 18.0 Å². The van der Waals surface area contributed by atoms with Crippen LogP contribution in [0.5, 0.6) is 5.75 Å². The molecule has 0 unspecified atom stereocenters. The number of hydrogen-bond donors (Lipinski definition) is 0. The second-order valence-corrected chi connectivity index (χ2v) is 5.46. The van der Waals surface area contributed by atoms with Gasteiger partial charge in [0.15, 0.2) is 0 Å². The van der Waals surface area contributed by atoms with E-state index in [-0.39, 0.29) is 11.5 Å². The molecule has 1 aliphatic rings. The number of halogens is 3. The maximum absolute atomic E-state index is 12.7. The Labute approximate surface area is 136 Å². The summed E-state index contributed by atoms with van der Waals surface area (Å²) in [6.45, 7) is 0.479. The molecule has 3 rings (SSSR count). The van der Waals surface area contributed by atoms with Crippen LogP contribution in [0, 0.1) is 0 Å². The molecule has 1 aliphatic heterocycles. The fourth-order valence-electron chi connectivity index (χ4n) is 2.83. The van der Waals surface area contributed by atoms with Gasteiger partial charge in [0, 0.05) is 12.7 Å². The number of rotatable bonds is 2. The molecule has 2 heterocycles. The first-order valence-corrected chi connectivity index (χ1v) is 7.43. The van der Waals surface area contributed by atoms with Gasteiger partial charge >= 0.3 is 6.18 Å². The summed E-state index contributed by atoms with van der Waals surface area (Å²) in [7, 11) is 1.52. The van der Waals surface area contributed by atoms with Gasteiger partial charge in [-0.1, -0.05) is 12.1 Å². The molecule has 0 bridgehead atoms. The van der Waals surface area contributed by atoms with E-state index in [4.69, 9.17) is 4.74 Å². The minimum absolute atomic E-state index is 0.113. The molecule has 1 aromatic carbocycles. The van der Waals surface area contributed by atoms with Crippen LogP contribution >= 0.6 is 0 Å². The van der Waals surface area contributed by atoms with Crippen molar-refractivity contribution in [3.63, 3.8) is 0 Å². The molecule has 2 aromatic rings. The molecule has 0 saturated heterocycles. The first-order chi connectivity index (χ1) is 11.4. The van der Waals surface area contributed by atoms with Crippen molar-refractivity contribution >= 4 is 11.6 Å². The minimum Gasteiger partial charge on any atom is -0.495 e. The van der Waals surface area contributed by atoms with Gasteiger partial charge in [0.2, 0.25) is 0 Å². The van der Waals surface area contributed by atoms with Crippen LogP contribution in [0.15, 0.2) is 36.5 Å². The molecule has 126 valence electrons. The molecule has 0 fully saturated rings. The molecule has 1 amide bonds. The van der Waals surface area contributed by atoms with Crippen molar-refractivity contribution in [2.45, 2.75) is 19.0 Å². The molecule has 24 heavy (non-hydrogen) atoms. The zero-order valence-corrected chi connectivity index (χ0v) is 12.9. The molecule has 1 aromatic heterocycles. The van der Waals surface area contributed by atoms with E-state index in [0.717, 1.165) is 36.7 Å². The predicted octanol–water partition coefficient (Wildman–Crippen LogP) is 3.70. The number of anilines is 1. The van der Waals surface area contributed by atoms with E-state index in [1.54, 1.807) is 11.0 Å². The van der Waals surface area contributed by atoms with Crippen LogP contribution in [0.2, 0.25) is 0 Å². The minimum atomic E-state index is -4.53. The number of nitrogens with zero attached hydrogens (tertiary/aromatic N) is 2. The van der Waals surface area contributed by atoms with Crippen LogP contribution in [0.4, 0.5) is 18.9 Å². The largest absolute Gasteiger partial charge is 0.495 e. The summed E-state index contributed by atoms with van der Waals surface area (Å²) in [5.41, 5.74) is 0.752. The molecule has 0 atom stereocenters. The molecular formula is C17H15F3N2O2. The lowest BCUT2D eigenvalue weighted by Crippen LogP contribution is -2.36. The van der Waals surface area contributed by atoms with Gasteiger partial charge in [-0.25, -0.2) is 0 Å². The molecule has 0 radical (unpaired) electrons. The summed E-state index contributed by atoms with van der Waals surface area (Å²) in [6.07, 6.45) is -1.96. The number of para-hydroxylation sites is 1. The third-order valence-corrected chi connectivity index (χ3v) is 3.95. The highest BCUT2D eigenvalue weighted by molar-refractivity contribution is 6.07. The Balaban J connectivity index is 1.95. The van der Waals surface area contributed by atoms with Crippen LogP contribution in [-0.4, -0.2) is 24.5 Å². The number of ether oxygens (including phenoxy) is 1. The van der Waals surface area contributed by atoms with Gasteiger partial charge in [0.1, 0.15) is 11.4 Å². The van der Waals surface area contributed by atoms with Crippen molar-refractivity contribution in [1.29, 1.82) is 0 Å². The molecule has 7 heteroatoms. The van der Waals surface area contributed by atoms with Gasteiger partial charge in [-0.2, -0.15) is 13.2 Å². The Morgan fingerprint density at radius 1 is 1.25 bits per heavy atom. The normalized spacial score (nSPS) is 14.2. The average Bonchev–Trinajstić information content (AvgIpc) is 2.59. The zero-order chi connectivity index (χ0) is 17.3. The summed E-state index contributed by atoms with van der Waals surface area (Å²) >= 11 is 0. The maximum atomic E-state index is 12.7. The van der Waals surface area contributed by atoms with E-state index in [2.05, 4.69) is 4.98 Å². The van der Waals surface area contributed by atoms with Crippen molar-refractivity contribution in [1.82, 2.24) is 4.98 Å². The van der Waals surface area contributed by atoms with Crippen molar-refractivity contribution in [2.24, 2.45) is 0 Å². The van der Waals surface area contributed by atoms with E-state index < -0.39 is 11.9 Å². The number of fused-ring (bicyclic) bond motifs is 1. The molecule has 0 spiro atoms. The first kappa shape index (κ1) is 16.3. The topological polar surface area (TPSA) is 42.4 Å². The number of amides is 1. The molecule has 0 saturated carbocycles. The summed E-state index contributed by atoms with van der Waals surface area (Å²) in [4.78, 5) is 17.6. The number of carbonyl (C=O) groups excluding carboxylic acids is 1. The van der Waals surface area contributed by atoms with Gasteiger partial charge < -0.3 is 9.64 Å². The smallest absolute Gasteiger partial charge is 0.433 e. The fourth-order valence-corrected chi connectivity index (χ4v) is 2.83. The van der Waals surface area contributed by atoms with Gasteiger partial charge in [-0.3, -0.25) is 9.78 Å². The molecular weight excluding hydrogens is 321 g/mol. The average molecular weight is 336 g/mol. The third kappa shape index (κ3) is 2.93. The lowest BCUT2D eigenvalue weighted by Gasteiger charge is -2.31. The predicted molar refractivity (Wildman–Crippen MR) is 82.2 cm³/mol. The number of alkyl halides is 3. The second kappa shape index (κ2) is 6.14. The van der Waals surface area contributed by atoms with Gasteiger partial charge in [-0.15, -0.1) is 0 Å². The second-order valence-electron chi connectivity index (χ2n) is 5.46. The lowest BCUT2D eigenvalue weighted by atomic mass is 10.00. The summed E-state index contributed by atoms with van der Waals surface area (Å²) < 4.78 is 43.1. The van der Waals surface area contributed by atoms with Gasteiger partial charge in [0.05, 0.1) is 18.4 Å². The Bertz CT molecular complexity index is 743. The molecule has 0 aliphatic carbocycles. The number of aryl methyl sites for hydroxylation is 1. The SMILES string of the molecule is COc1cccc2c1N(C(=O)c1ccc(C(F)(F)F)nc1)CCC2. The highest BCUT2D eigenvalue weighted by atomic mass is 19.4.